The minimum atomic E-state index is -4.61. The summed E-state index contributed by atoms with van der Waals surface area (Å²) in [4.78, 5) is 12.2. The summed E-state index contributed by atoms with van der Waals surface area (Å²) in [7, 11) is 0. The molecule has 1 amide bonds. The van der Waals surface area contributed by atoms with Gasteiger partial charge in [-0.1, -0.05) is 15.9 Å². The maximum absolute atomic E-state index is 13.3. The SMILES string of the molecule is O=C(c1cc(F)ccc1F)N(CCBr)CC(F)(F)F. The van der Waals surface area contributed by atoms with Crippen LogP contribution in [0.2, 0.25) is 0 Å². The predicted molar refractivity (Wildman–Crippen MR) is 62.1 cm³/mol. The van der Waals surface area contributed by atoms with Gasteiger partial charge in [-0.25, -0.2) is 8.78 Å². The number of nitrogens with zero attached hydrogens (tertiary/aromatic N) is 1. The van der Waals surface area contributed by atoms with Crippen LogP contribution in [0, 0.1) is 11.6 Å². The summed E-state index contributed by atoms with van der Waals surface area (Å²) < 4.78 is 63.2. The number of carbonyl (C=O) groups is 1. The summed E-state index contributed by atoms with van der Waals surface area (Å²) in [5.41, 5.74) is -0.717. The summed E-state index contributed by atoms with van der Waals surface area (Å²) in [6.07, 6.45) is -4.61. The van der Waals surface area contributed by atoms with Crippen LogP contribution in [0.5, 0.6) is 0 Å². The topological polar surface area (TPSA) is 20.3 Å². The zero-order valence-electron chi connectivity index (χ0n) is 9.48. The summed E-state index contributed by atoms with van der Waals surface area (Å²) in [5, 5.41) is 0.0890. The average molecular weight is 346 g/mol. The van der Waals surface area contributed by atoms with Crippen LogP contribution in [-0.2, 0) is 0 Å². The van der Waals surface area contributed by atoms with Crippen LogP contribution in [0.15, 0.2) is 18.2 Å². The average Bonchev–Trinajstić information content (AvgIpc) is 2.29. The fourth-order valence-corrected chi connectivity index (χ4v) is 1.83. The number of carbonyl (C=O) groups excluding carboxylic acids is 1. The third-order valence-electron chi connectivity index (χ3n) is 2.17. The highest BCUT2D eigenvalue weighted by Gasteiger charge is 2.33. The van der Waals surface area contributed by atoms with Crippen LogP contribution >= 0.6 is 15.9 Å². The van der Waals surface area contributed by atoms with E-state index < -0.39 is 35.8 Å². The molecule has 0 saturated heterocycles. The molecule has 1 aromatic rings. The summed E-state index contributed by atoms with van der Waals surface area (Å²) in [6.45, 7) is -1.79. The van der Waals surface area contributed by atoms with Crippen molar-refractivity contribution in [1.29, 1.82) is 0 Å². The second-order valence-corrected chi connectivity index (χ2v) is 4.45. The molecule has 1 aromatic carbocycles. The number of benzene rings is 1. The van der Waals surface area contributed by atoms with Gasteiger partial charge in [0, 0.05) is 11.9 Å². The molecule has 0 aliphatic carbocycles. The lowest BCUT2D eigenvalue weighted by Gasteiger charge is -2.23. The van der Waals surface area contributed by atoms with Gasteiger partial charge in [-0.2, -0.15) is 13.2 Å². The molecular weight excluding hydrogens is 337 g/mol. The summed E-state index contributed by atoms with van der Waals surface area (Å²) in [6, 6.07) is 2.06. The first-order chi connectivity index (χ1) is 8.74. The van der Waals surface area contributed by atoms with Crippen molar-refractivity contribution in [3.05, 3.63) is 35.4 Å². The van der Waals surface area contributed by atoms with Gasteiger partial charge < -0.3 is 4.90 Å². The first kappa shape index (κ1) is 15.9. The lowest BCUT2D eigenvalue weighted by Crippen LogP contribution is -2.40. The third kappa shape index (κ3) is 4.77. The molecule has 0 N–H and O–H groups in total. The Kier molecular flexibility index (Phi) is 5.28. The Morgan fingerprint density at radius 1 is 1.26 bits per heavy atom. The molecule has 0 aromatic heterocycles. The minimum Gasteiger partial charge on any atom is -0.329 e. The second kappa shape index (κ2) is 6.31. The van der Waals surface area contributed by atoms with Crippen molar-refractivity contribution in [3.63, 3.8) is 0 Å². The molecule has 0 atom stereocenters. The molecule has 0 spiro atoms. The van der Waals surface area contributed by atoms with E-state index in [1.807, 2.05) is 0 Å². The smallest absolute Gasteiger partial charge is 0.329 e. The van der Waals surface area contributed by atoms with Gasteiger partial charge in [0.05, 0.1) is 5.56 Å². The van der Waals surface area contributed by atoms with Crippen molar-refractivity contribution in [2.24, 2.45) is 0 Å². The number of rotatable bonds is 4. The molecule has 19 heavy (non-hydrogen) atoms. The highest BCUT2D eigenvalue weighted by Crippen LogP contribution is 2.19. The van der Waals surface area contributed by atoms with E-state index in [9.17, 15) is 26.7 Å². The Hall–Kier alpha value is -1.18. The molecule has 0 bridgehead atoms. The van der Waals surface area contributed by atoms with Gasteiger partial charge in [-0.05, 0) is 18.2 Å². The highest BCUT2D eigenvalue weighted by atomic mass is 79.9. The molecule has 8 heteroatoms. The largest absolute Gasteiger partial charge is 0.406 e. The Balaban J connectivity index is 3.02. The van der Waals surface area contributed by atoms with E-state index in [-0.39, 0.29) is 11.9 Å². The Morgan fingerprint density at radius 3 is 2.42 bits per heavy atom. The van der Waals surface area contributed by atoms with Crippen LogP contribution < -0.4 is 0 Å². The molecule has 0 aliphatic heterocycles. The van der Waals surface area contributed by atoms with Crippen molar-refractivity contribution >= 4 is 21.8 Å². The van der Waals surface area contributed by atoms with Gasteiger partial charge in [0.2, 0.25) is 0 Å². The normalized spacial score (nSPS) is 11.5. The zero-order chi connectivity index (χ0) is 14.6. The Labute approximate surface area is 114 Å². The lowest BCUT2D eigenvalue weighted by molar-refractivity contribution is -0.140. The molecule has 1 rings (SSSR count). The van der Waals surface area contributed by atoms with Crippen molar-refractivity contribution in [1.82, 2.24) is 4.90 Å². The quantitative estimate of drug-likeness (QED) is 0.605. The fourth-order valence-electron chi connectivity index (χ4n) is 1.40. The molecule has 0 fully saturated rings. The first-order valence-electron chi connectivity index (χ1n) is 5.11. The van der Waals surface area contributed by atoms with Gasteiger partial charge in [0.25, 0.3) is 5.91 Å². The Bertz CT molecular complexity index is 463. The van der Waals surface area contributed by atoms with Crippen LogP contribution in [0.3, 0.4) is 0 Å². The maximum Gasteiger partial charge on any atom is 0.406 e. The molecule has 0 unspecified atom stereocenters. The van der Waals surface area contributed by atoms with Crippen LogP contribution in [-0.4, -0.2) is 35.4 Å². The van der Waals surface area contributed by atoms with Crippen molar-refractivity contribution in [2.45, 2.75) is 6.18 Å². The molecular formula is C11H9BrF5NO. The molecule has 0 saturated carbocycles. The Morgan fingerprint density at radius 2 is 1.89 bits per heavy atom. The van der Waals surface area contributed by atoms with E-state index in [0.717, 1.165) is 6.07 Å². The maximum atomic E-state index is 13.3. The van der Waals surface area contributed by atoms with E-state index in [1.54, 1.807) is 0 Å². The molecule has 0 heterocycles. The number of alkyl halides is 4. The van der Waals surface area contributed by atoms with Gasteiger partial charge in [-0.3, -0.25) is 4.79 Å². The summed E-state index contributed by atoms with van der Waals surface area (Å²) in [5.74, 6) is -3.16. The van der Waals surface area contributed by atoms with E-state index in [4.69, 9.17) is 0 Å². The van der Waals surface area contributed by atoms with Crippen molar-refractivity contribution < 1.29 is 26.7 Å². The van der Waals surface area contributed by atoms with Crippen LogP contribution in [0.25, 0.3) is 0 Å². The number of hydrogen-bond donors (Lipinski definition) is 0. The van der Waals surface area contributed by atoms with Crippen molar-refractivity contribution in [2.75, 3.05) is 18.4 Å². The minimum absolute atomic E-state index is 0.0890. The van der Waals surface area contributed by atoms with E-state index in [2.05, 4.69) is 15.9 Å². The third-order valence-corrected chi connectivity index (χ3v) is 2.53. The standard InChI is InChI=1S/C11H9BrF5NO/c12-3-4-18(6-11(15,16)17)10(19)8-5-7(13)1-2-9(8)14/h1-2,5H,3-4,6H2. The summed E-state index contributed by atoms with van der Waals surface area (Å²) >= 11 is 2.90. The van der Waals surface area contributed by atoms with Gasteiger partial charge >= 0.3 is 6.18 Å². The molecule has 106 valence electrons. The van der Waals surface area contributed by atoms with Gasteiger partial charge in [-0.15, -0.1) is 0 Å². The van der Waals surface area contributed by atoms with Gasteiger partial charge in [0.1, 0.15) is 18.2 Å². The predicted octanol–water partition coefficient (Wildman–Crippen LogP) is 3.36. The van der Waals surface area contributed by atoms with E-state index in [1.165, 1.54) is 0 Å². The lowest BCUT2D eigenvalue weighted by atomic mass is 10.1. The molecule has 0 radical (unpaired) electrons. The monoisotopic (exact) mass is 345 g/mol. The van der Waals surface area contributed by atoms with Crippen LogP contribution in [0.4, 0.5) is 22.0 Å². The number of amides is 1. The molecule has 2 nitrogen and oxygen atoms in total. The van der Waals surface area contributed by atoms with Crippen LogP contribution in [0.1, 0.15) is 10.4 Å². The first-order valence-corrected chi connectivity index (χ1v) is 6.24. The van der Waals surface area contributed by atoms with E-state index >= 15 is 0 Å². The van der Waals surface area contributed by atoms with E-state index in [0.29, 0.717) is 17.0 Å². The molecule has 0 aliphatic rings. The van der Waals surface area contributed by atoms with Gasteiger partial charge in [0.15, 0.2) is 0 Å². The fraction of sp³-hybridized carbons (Fsp3) is 0.364. The number of halogens is 6. The zero-order valence-corrected chi connectivity index (χ0v) is 11.1. The highest BCUT2D eigenvalue weighted by molar-refractivity contribution is 9.09. The second-order valence-electron chi connectivity index (χ2n) is 3.66. The van der Waals surface area contributed by atoms with Crippen molar-refractivity contribution in [3.8, 4) is 0 Å². The number of hydrogen-bond acceptors (Lipinski definition) is 1.